The van der Waals surface area contributed by atoms with Crippen molar-refractivity contribution in [3.8, 4) is 11.1 Å². The third-order valence-corrected chi connectivity index (χ3v) is 3.74. The lowest BCUT2D eigenvalue weighted by molar-refractivity contribution is 0.547. The fraction of sp³-hybridized carbons (Fsp3) is 0.118. The second-order valence-corrected chi connectivity index (χ2v) is 5.62. The first kappa shape index (κ1) is 14.9. The smallest absolute Gasteiger partial charge is 0.200 e. The fourth-order valence-electron chi connectivity index (χ4n) is 2.44. The van der Waals surface area contributed by atoms with Gasteiger partial charge in [0.25, 0.3) is 0 Å². The van der Waals surface area contributed by atoms with Crippen LogP contribution in [0.3, 0.4) is 0 Å². The van der Waals surface area contributed by atoms with Crippen molar-refractivity contribution in [3.63, 3.8) is 0 Å². The molecular formula is C17H11BrF2O2. The van der Waals surface area contributed by atoms with Crippen LogP contribution in [-0.2, 0) is 6.42 Å². The van der Waals surface area contributed by atoms with Crippen LogP contribution >= 0.6 is 15.9 Å². The number of aryl methyl sites for hydroxylation is 1. The minimum atomic E-state index is -0.729. The zero-order valence-corrected chi connectivity index (χ0v) is 13.0. The predicted octanol–water partition coefficient (Wildman–Crippen LogP) is 4.68. The van der Waals surface area contributed by atoms with Gasteiger partial charge in [0.15, 0.2) is 0 Å². The Morgan fingerprint density at radius 2 is 1.73 bits per heavy atom. The number of halogens is 3. The van der Waals surface area contributed by atoms with Crippen molar-refractivity contribution in [1.29, 1.82) is 0 Å². The van der Waals surface area contributed by atoms with Crippen LogP contribution in [0.15, 0.2) is 51.7 Å². The van der Waals surface area contributed by atoms with Gasteiger partial charge >= 0.3 is 0 Å². The average Bonchev–Trinajstić information content (AvgIpc) is 2.47. The zero-order valence-electron chi connectivity index (χ0n) is 11.4. The van der Waals surface area contributed by atoms with Crippen molar-refractivity contribution in [1.82, 2.24) is 0 Å². The Hall–Kier alpha value is -2.01. The van der Waals surface area contributed by atoms with E-state index in [9.17, 15) is 13.6 Å². The summed E-state index contributed by atoms with van der Waals surface area (Å²) in [5.41, 5.74) is 0.566. The Bertz CT molecular complexity index is 883. The van der Waals surface area contributed by atoms with E-state index >= 15 is 0 Å². The fourth-order valence-corrected chi connectivity index (χ4v) is 2.80. The maximum absolute atomic E-state index is 13.5. The lowest BCUT2D eigenvalue weighted by atomic mass is 10.0. The van der Waals surface area contributed by atoms with Gasteiger partial charge in [-0.2, -0.15) is 0 Å². The van der Waals surface area contributed by atoms with Crippen LogP contribution in [0.1, 0.15) is 5.76 Å². The van der Waals surface area contributed by atoms with E-state index in [1.165, 1.54) is 0 Å². The molecule has 2 nitrogen and oxygen atoms in total. The molecule has 0 bridgehead atoms. The van der Waals surface area contributed by atoms with E-state index in [1.54, 1.807) is 24.3 Å². The molecule has 0 amide bonds. The molecule has 0 aliphatic carbocycles. The minimum Gasteiger partial charge on any atom is -0.460 e. The molecule has 2 aromatic carbocycles. The highest BCUT2D eigenvalue weighted by atomic mass is 79.9. The first-order chi connectivity index (χ1) is 10.6. The molecule has 0 N–H and O–H groups in total. The third kappa shape index (κ3) is 2.68. The number of fused-ring (bicyclic) bond motifs is 1. The number of hydrogen-bond donors (Lipinski definition) is 0. The van der Waals surface area contributed by atoms with E-state index in [0.29, 0.717) is 28.5 Å². The van der Waals surface area contributed by atoms with E-state index in [0.717, 1.165) is 18.2 Å². The average molecular weight is 365 g/mol. The molecule has 0 radical (unpaired) electrons. The standard InChI is InChI=1S/C17H11BrF2O2/c18-6-5-15-16(10-7-11(19)9-12(20)8-10)17(21)13-3-1-2-4-14(13)22-15/h1-4,7-9H,5-6H2. The summed E-state index contributed by atoms with van der Waals surface area (Å²) in [6.07, 6.45) is 0.438. The van der Waals surface area contributed by atoms with Gasteiger partial charge in [0.2, 0.25) is 5.43 Å². The van der Waals surface area contributed by atoms with E-state index in [4.69, 9.17) is 4.42 Å². The summed E-state index contributed by atoms with van der Waals surface area (Å²) in [6.45, 7) is 0. The lowest BCUT2D eigenvalue weighted by Crippen LogP contribution is -2.10. The van der Waals surface area contributed by atoms with Crippen LogP contribution in [0.2, 0.25) is 0 Å². The molecular weight excluding hydrogens is 354 g/mol. The molecule has 0 fully saturated rings. The van der Waals surface area contributed by atoms with Crippen LogP contribution < -0.4 is 5.43 Å². The highest BCUT2D eigenvalue weighted by molar-refractivity contribution is 9.09. The number of hydrogen-bond acceptors (Lipinski definition) is 2. The van der Waals surface area contributed by atoms with E-state index in [-0.39, 0.29) is 16.6 Å². The predicted molar refractivity (Wildman–Crippen MR) is 85.3 cm³/mol. The SMILES string of the molecule is O=c1c(-c2cc(F)cc(F)c2)c(CCBr)oc2ccccc12. The van der Waals surface area contributed by atoms with Crippen LogP contribution in [0.4, 0.5) is 8.78 Å². The van der Waals surface area contributed by atoms with Crippen molar-refractivity contribution in [3.05, 3.63) is 70.1 Å². The molecule has 22 heavy (non-hydrogen) atoms. The minimum absolute atomic E-state index is 0.188. The topological polar surface area (TPSA) is 30.2 Å². The molecule has 3 aromatic rings. The monoisotopic (exact) mass is 364 g/mol. The number of para-hydroxylation sites is 1. The molecule has 1 aromatic heterocycles. The number of rotatable bonds is 3. The molecule has 0 aliphatic rings. The number of alkyl halides is 1. The van der Waals surface area contributed by atoms with Crippen LogP contribution in [0.5, 0.6) is 0 Å². The molecule has 0 atom stereocenters. The second kappa shape index (κ2) is 6.01. The Balaban J connectivity index is 2.37. The molecule has 1 heterocycles. The van der Waals surface area contributed by atoms with Crippen LogP contribution in [0, 0.1) is 11.6 Å². The third-order valence-electron chi connectivity index (χ3n) is 3.34. The highest BCUT2D eigenvalue weighted by Crippen LogP contribution is 2.26. The largest absolute Gasteiger partial charge is 0.460 e. The van der Waals surface area contributed by atoms with Crippen molar-refractivity contribution < 1.29 is 13.2 Å². The van der Waals surface area contributed by atoms with Crippen molar-refractivity contribution >= 4 is 26.9 Å². The number of benzene rings is 2. The van der Waals surface area contributed by atoms with Gasteiger partial charge in [0, 0.05) is 17.8 Å². The Labute approximate surface area is 133 Å². The van der Waals surface area contributed by atoms with Crippen LogP contribution in [0.25, 0.3) is 22.1 Å². The maximum atomic E-state index is 13.5. The van der Waals surface area contributed by atoms with Gasteiger partial charge in [-0.3, -0.25) is 4.79 Å². The molecule has 0 aliphatic heterocycles. The van der Waals surface area contributed by atoms with Gasteiger partial charge < -0.3 is 4.42 Å². The second-order valence-electron chi connectivity index (χ2n) is 4.82. The maximum Gasteiger partial charge on any atom is 0.200 e. The molecule has 0 saturated heterocycles. The molecule has 0 spiro atoms. The molecule has 112 valence electrons. The summed E-state index contributed by atoms with van der Waals surface area (Å²) in [7, 11) is 0. The highest BCUT2D eigenvalue weighted by Gasteiger charge is 2.17. The summed E-state index contributed by atoms with van der Waals surface area (Å²) >= 11 is 3.30. The van der Waals surface area contributed by atoms with Gasteiger partial charge in [0.05, 0.1) is 10.9 Å². The van der Waals surface area contributed by atoms with Gasteiger partial charge in [-0.1, -0.05) is 28.1 Å². The van der Waals surface area contributed by atoms with Crippen molar-refractivity contribution in [2.24, 2.45) is 0 Å². The molecule has 3 rings (SSSR count). The van der Waals surface area contributed by atoms with Crippen molar-refractivity contribution in [2.45, 2.75) is 6.42 Å². The summed E-state index contributed by atoms with van der Waals surface area (Å²) < 4.78 is 32.8. The summed E-state index contributed by atoms with van der Waals surface area (Å²) in [4.78, 5) is 12.7. The van der Waals surface area contributed by atoms with E-state index in [1.807, 2.05) is 0 Å². The van der Waals surface area contributed by atoms with Gasteiger partial charge in [0.1, 0.15) is 23.0 Å². The molecule has 5 heteroatoms. The Morgan fingerprint density at radius 1 is 1.05 bits per heavy atom. The van der Waals surface area contributed by atoms with E-state index in [2.05, 4.69) is 15.9 Å². The zero-order chi connectivity index (χ0) is 15.7. The summed E-state index contributed by atoms with van der Waals surface area (Å²) in [5.74, 6) is -1.05. The first-order valence-electron chi connectivity index (χ1n) is 6.67. The summed E-state index contributed by atoms with van der Waals surface area (Å²) in [5, 5.41) is 0.958. The van der Waals surface area contributed by atoms with Gasteiger partial charge in [-0.25, -0.2) is 8.78 Å². The Kier molecular flexibility index (Phi) is 4.07. The van der Waals surface area contributed by atoms with Gasteiger partial charge in [-0.05, 0) is 29.8 Å². The van der Waals surface area contributed by atoms with Gasteiger partial charge in [-0.15, -0.1) is 0 Å². The van der Waals surface area contributed by atoms with Crippen molar-refractivity contribution in [2.75, 3.05) is 5.33 Å². The molecule has 0 saturated carbocycles. The Morgan fingerprint density at radius 3 is 2.41 bits per heavy atom. The normalized spacial score (nSPS) is 11.0. The first-order valence-corrected chi connectivity index (χ1v) is 7.79. The lowest BCUT2D eigenvalue weighted by Gasteiger charge is -2.09. The molecule has 0 unspecified atom stereocenters. The van der Waals surface area contributed by atoms with E-state index < -0.39 is 11.6 Å². The van der Waals surface area contributed by atoms with Crippen LogP contribution in [-0.4, -0.2) is 5.33 Å². The summed E-state index contributed by atoms with van der Waals surface area (Å²) in [6, 6.07) is 9.88. The quantitative estimate of drug-likeness (QED) is 0.631.